The van der Waals surface area contributed by atoms with Gasteiger partial charge in [-0.3, -0.25) is 4.79 Å². The summed E-state index contributed by atoms with van der Waals surface area (Å²) in [7, 11) is 0. The molecule has 0 atom stereocenters. The molecule has 1 fully saturated rings. The fourth-order valence-corrected chi connectivity index (χ4v) is 3.13. The van der Waals surface area contributed by atoms with Gasteiger partial charge in [0, 0.05) is 24.2 Å². The Hall–Kier alpha value is -2.86. The van der Waals surface area contributed by atoms with Crippen LogP contribution in [0.4, 0.5) is 11.5 Å². The van der Waals surface area contributed by atoms with Gasteiger partial charge in [-0.1, -0.05) is 17.7 Å². The number of benzene rings is 2. The van der Waals surface area contributed by atoms with Gasteiger partial charge in [-0.15, -0.1) is 5.10 Å². The maximum Gasteiger partial charge on any atom is 0.279 e. The fourth-order valence-electron chi connectivity index (χ4n) is 3.13. The summed E-state index contributed by atoms with van der Waals surface area (Å²) in [5, 5.41) is 5.59. The zero-order valence-corrected chi connectivity index (χ0v) is 14.1. The first kappa shape index (κ1) is 15.7. The standard InChI is InChI=1S/C19H20N4O2/c1-13-2-4-14(5-3-13)23-19(24)16-7-6-15(12-17(16)18(20)21-23)22-8-10-25-11-9-22/h2-7,12H,8-11H2,1H3,(H2,20,21). The molecule has 2 aromatic carbocycles. The fraction of sp³-hybridized carbons (Fsp3) is 0.263. The molecule has 6 heteroatoms. The van der Waals surface area contributed by atoms with E-state index in [9.17, 15) is 4.79 Å². The van der Waals surface area contributed by atoms with Crippen LogP contribution in [-0.4, -0.2) is 36.1 Å². The first-order chi connectivity index (χ1) is 12.1. The van der Waals surface area contributed by atoms with Crippen molar-refractivity contribution < 1.29 is 4.74 Å². The molecule has 6 nitrogen and oxygen atoms in total. The van der Waals surface area contributed by atoms with Crippen LogP contribution in [0.1, 0.15) is 5.56 Å². The second-order valence-corrected chi connectivity index (χ2v) is 6.27. The molecule has 0 bridgehead atoms. The van der Waals surface area contributed by atoms with E-state index in [4.69, 9.17) is 10.5 Å². The molecule has 0 amide bonds. The number of hydrogen-bond donors (Lipinski definition) is 1. The van der Waals surface area contributed by atoms with Gasteiger partial charge in [0.05, 0.1) is 24.3 Å². The van der Waals surface area contributed by atoms with E-state index in [2.05, 4.69) is 10.00 Å². The minimum atomic E-state index is -0.165. The molecule has 0 aliphatic carbocycles. The molecular formula is C19H20N4O2. The number of rotatable bonds is 2. The molecule has 2 N–H and O–H groups in total. The Labute approximate surface area is 145 Å². The van der Waals surface area contributed by atoms with Gasteiger partial charge in [0.25, 0.3) is 5.56 Å². The second kappa shape index (κ2) is 6.22. The first-order valence-corrected chi connectivity index (χ1v) is 8.36. The van der Waals surface area contributed by atoms with Crippen LogP contribution in [0.25, 0.3) is 16.5 Å². The predicted octanol–water partition coefficient (Wildman–Crippen LogP) is 2.11. The minimum Gasteiger partial charge on any atom is -0.382 e. The number of ether oxygens (including phenoxy) is 1. The van der Waals surface area contributed by atoms with E-state index in [-0.39, 0.29) is 5.56 Å². The van der Waals surface area contributed by atoms with Crippen LogP contribution in [0, 0.1) is 6.92 Å². The van der Waals surface area contributed by atoms with E-state index in [1.807, 2.05) is 49.4 Å². The molecule has 3 aromatic rings. The minimum absolute atomic E-state index is 0.165. The van der Waals surface area contributed by atoms with Crippen molar-refractivity contribution in [1.82, 2.24) is 9.78 Å². The summed E-state index contributed by atoms with van der Waals surface area (Å²) in [6.45, 7) is 5.09. The van der Waals surface area contributed by atoms with Gasteiger partial charge in [0.15, 0.2) is 5.82 Å². The van der Waals surface area contributed by atoms with Crippen molar-refractivity contribution in [2.75, 3.05) is 36.9 Å². The molecule has 128 valence electrons. The summed E-state index contributed by atoms with van der Waals surface area (Å²) in [5.41, 5.74) is 8.89. The topological polar surface area (TPSA) is 73.4 Å². The molecule has 0 saturated carbocycles. The number of morpholine rings is 1. The Kier molecular flexibility index (Phi) is 3.89. The monoisotopic (exact) mass is 336 g/mol. The van der Waals surface area contributed by atoms with E-state index in [1.54, 1.807) is 0 Å². The lowest BCUT2D eigenvalue weighted by Crippen LogP contribution is -2.36. The van der Waals surface area contributed by atoms with Crippen molar-refractivity contribution in [2.45, 2.75) is 6.92 Å². The van der Waals surface area contributed by atoms with Crippen LogP contribution in [0.2, 0.25) is 0 Å². The number of nitrogens with zero attached hydrogens (tertiary/aromatic N) is 3. The van der Waals surface area contributed by atoms with E-state index in [0.717, 1.165) is 24.3 Å². The SMILES string of the molecule is Cc1ccc(-n2nc(N)c3cc(N4CCOCC4)ccc3c2=O)cc1. The lowest BCUT2D eigenvalue weighted by atomic mass is 10.1. The maximum atomic E-state index is 12.9. The Balaban J connectivity index is 1.83. The molecule has 4 rings (SSSR count). The molecular weight excluding hydrogens is 316 g/mol. The lowest BCUT2D eigenvalue weighted by Gasteiger charge is -2.29. The Morgan fingerprint density at radius 1 is 1.00 bits per heavy atom. The lowest BCUT2D eigenvalue weighted by molar-refractivity contribution is 0.122. The van der Waals surface area contributed by atoms with E-state index in [1.165, 1.54) is 4.68 Å². The van der Waals surface area contributed by atoms with Crippen molar-refractivity contribution in [1.29, 1.82) is 0 Å². The first-order valence-electron chi connectivity index (χ1n) is 8.36. The highest BCUT2D eigenvalue weighted by atomic mass is 16.5. The van der Waals surface area contributed by atoms with Crippen molar-refractivity contribution in [2.24, 2.45) is 0 Å². The summed E-state index contributed by atoms with van der Waals surface area (Å²) in [6.07, 6.45) is 0. The maximum absolute atomic E-state index is 12.9. The third-order valence-electron chi connectivity index (χ3n) is 4.56. The number of nitrogen functional groups attached to an aromatic ring is 1. The normalized spacial score (nSPS) is 14.8. The molecule has 0 spiro atoms. The molecule has 1 aliphatic heterocycles. The Bertz CT molecular complexity index is 973. The van der Waals surface area contributed by atoms with Crippen molar-refractivity contribution in [3.8, 4) is 5.69 Å². The summed E-state index contributed by atoms with van der Waals surface area (Å²) < 4.78 is 6.76. The van der Waals surface area contributed by atoms with Crippen molar-refractivity contribution >= 4 is 22.3 Å². The molecule has 25 heavy (non-hydrogen) atoms. The van der Waals surface area contributed by atoms with Crippen LogP contribution >= 0.6 is 0 Å². The summed E-state index contributed by atoms with van der Waals surface area (Å²) >= 11 is 0. The highest BCUT2D eigenvalue weighted by Gasteiger charge is 2.15. The third kappa shape index (κ3) is 2.85. The third-order valence-corrected chi connectivity index (χ3v) is 4.56. The molecule has 1 aromatic heterocycles. The zero-order chi connectivity index (χ0) is 17.4. The molecule has 1 aliphatic rings. The quantitative estimate of drug-likeness (QED) is 0.776. The van der Waals surface area contributed by atoms with Gasteiger partial charge in [-0.25, -0.2) is 0 Å². The summed E-state index contributed by atoms with van der Waals surface area (Å²) in [6, 6.07) is 13.4. The van der Waals surface area contributed by atoms with Gasteiger partial charge >= 0.3 is 0 Å². The van der Waals surface area contributed by atoms with Gasteiger partial charge < -0.3 is 15.4 Å². The van der Waals surface area contributed by atoms with E-state index < -0.39 is 0 Å². The smallest absolute Gasteiger partial charge is 0.279 e. The summed E-state index contributed by atoms with van der Waals surface area (Å²) in [4.78, 5) is 15.1. The molecule has 0 radical (unpaired) electrons. The number of aromatic nitrogens is 2. The van der Waals surface area contributed by atoms with Crippen LogP contribution in [-0.2, 0) is 4.74 Å². The highest BCUT2D eigenvalue weighted by Crippen LogP contribution is 2.24. The molecule has 2 heterocycles. The number of nitrogens with two attached hydrogens (primary N) is 1. The van der Waals surface area contributed by atoms with Gasteiger partial charge in [0.2, 0.25) is 0 Å². The molecule has 1 saturated heterocycles. The number of fused-ring (bicyclic) bond motifs is 1. The molecule has 0 unspecified atom stereocenters. The average molecular weight is 336 g/mol. The average Bonchev–Trinajstić information content (AvgIpc) is 2.66. The summed E-state index contributed by atoms with van der Waals surface area (Å²) in [5.74, 6) is 0.352. The van der Waals surface area contributed by atoms with Crippen LogP contribution in [0.3, 0.4) is 0 Å². The number of anilines is 2. The Morgan fingerprint density at radius 2 is 1.68 bits per heavy atom. The number of hydrogen-bond acceptors (Lipinski definition) is 5. The zero-order valence-electron chi connectivity index (χ0n) is 14.1. The van der Waals surface area contributed by atoms with Crippen molar-refractivity contribution in [3.05, 3.63) is 58.4 Å². The van der Waals surface area contributed by atoms with Gasteiger partial charge in [-0.2, -0.15) is 4.68 Å². The van der Waals surface area contributed by atoms with Crippen LogP contribution < -0.4 is 16.2 Å². The Morgan fingerprint density at radius 3 is 2.40 bits per heavy atom. The van der Waals surface area contributed by atoms with Crippen LogP contribution in [0.5, 0.6) is 0 Å². The predicted molar refractivity (Wildman–Crippen MR) is 99.5 cm³/mol. The van der Waals surface area contributed by atoms with E-state index >= 15 is 0 Å². The largest absolute Gasteiger partial charge is 0.382 e. The van der Waals surface area contributed by atoms with E-state index in [0.29, 0.717) is 35.5 Å². The second-order valence-electron chi connectivity index (χ2n) is 6.27. The van der Waals surface area contributed by atoms with Gasteiger partial charge in [-0.05, 0) is 37.3 Å². The highest BCUT2D eigenvalue weighted by molar-refractivity contribution is 5.92. The van der Waals surface area contributed by atoms with Crippen molar-refractivity contribution in [3.63, 3.8) is 0 Å². The number of aryl methyl sites for hydroxylation is 1. The van der Waals surface area contributed by atoms with Gasteiger partial charge in [0.1, 0.15) is 0 Å². The van der Waals surface area contributed by atoms with Crippen LogP contribution in [0.15, 0.2) is 47.3 Å².